The Morgan fingerprint density at radius 2 is 1.90 bits per heavy atom. The maximum atomic E-state index is 5.64. The van der Waals surface area contributed by atoms with Crippen molar-refractivity contribution < 1.29 is 4.52 Å². The Kier molecular flexibility index (Phi) is 5.11. The molecular weight excluding hydrogens is 390 g/mol. The Morgan fingerprint density at radius 3 is 2.68 bits per heavy atom. The predicted molar refractivity (Wildman–Crippen MR) is 116 cm³/mol. The van der Waals surface area contributed by atoms with Crippen LogP contribution in [0.3, 0.4) is 0 Å². The van der Waals surface area contributed by atoms with Crippen molar-refractivity contribution in [1.82, 2.24) is 30.1 Å². The van der Waals surface area contributed by atoms with Gasteiger partial charge in [0.05, 0.1) is 0 Å². The van der Waals surface area contributed by atoms with E-state index < -0.39 is 0 Å². The van der Waals surface area contributed by atoms with Gasteiger partial charge in [-0.25, -0.2) is 9.97 Å². The van der Waals surface area contributed by atoms with Crippen molar-refractivity contribution >= 4 is 5.82 Å². The number of nitrogens with one attached hydrogen (secondary N) is 1. The minimum atomic E-state index is -0.186. The van der Waals surface area contributed by atoms with Crippen molar-refractivity contribution in [3.63, 3.8) is 0 Å². The van der Waals surface area contributed by atoms with E-state index in [0.29, 0.717) is 17.5 Å². The van der Waals surface area contributed by atoms with Crippen LogP contribution < -0.4 is 5.32 Å². The molecule has 5 rings (SSSR count). The molecule has 0 spiro atoms. The van der Waals surface area contributed by atoms with E-state index in [4.69, 9.17) is 14.5 Å². The van der Waals surface area contributed by atoms with Crippen LogP contribution in [-0.4, -0.2) is 30.1 Å². The molecule has 0 saturated carbocycles. The Morgan fingerprint density at radius 1 is 0.968 bits per heavy atom. The largest absolute Gasteiger partial charge is 0.358 e. The Labute approximate surface area is 180 Å². The lowest BCUT2D eigenvalue weighted by Gasteiger charge is -2.21. The molecule has 156 valence electrons. The van der Waals surface area contributed by atoms with Gasteiger partial charge in [0.15, 0.2) is 5.82 Å². The van der Waals surface area contributed by atoms with Crippen LogP contribution in [0.4, 0.5) is 5.82 Å². The summed E-state index contributed by atoms with van der Waals surface area (Å²) in [4.78, 5) is 22.8. The quantitative estimate of drug-likeness (QED) is 0.500. The van der Waals surface area contributed by atoms with Crippen molar-refractivity contribution in [2.75, 3.05) is 5.32 Å². The molecule has 1 aliphatic rings. The maximum absolute atomic E-state index is 5.64. The van der Waals surface area contributed by atoms with Gasteiger partial charge < -0.3 is 9.84 Å². The van der Waals surface area contributed by atoms with Gasteiger partial charge in [0.1, 0.15) is 17.6 Å². The molecule has 4 aromatic rings. The zero-order valence-electron chi connectivity index (χ0n) is 17.5. The first kappa shape index (κ1) is 19.3. The van der Waals surface area contributed by atoms with Crippen LogP contribution in [-0.2, 0) is 12.8 Å². The van der Waals surface area contributed by atoms with Crippen LogP contribution in [0.5, 0.6) is 0 Å². The van der Waals surface area contributed by atoms with Crippen LogP contribution in [0.15, 0.2) is 53.4 Å². The molecule has 31 heavy (non-hydrogen) atoms. The first-order chi connectivity index (χ1) is 15.2. The number of anilines is 1. The molecule has 8 nitrogen and oxygen atoms in total. The minimum Gasteiger partial charge on any atom is -0.358 e. The molecule has 1 atom stereocenters. The molecular formula is C23H23N7O. The minimum absolute atomic E-state index is 0.186. The van der Waals surface area contributed by atoms with E-state index in [9.17, 15) is 0 Å². The highest BCUT2D eigenvalue weighted by Crippen LogP contribution is 2.33. The van der Waals surface area contributed by atoms with Gasteiger partial charge in [-0.05, 0) is 49.4 Å². The second-order valence-electron chi connectivity index (χ2n) is 7.95. The van der Waals surface area contributed by atoms with Gasteiger partial charge >= 0.3 is 0 Å². The highest BCUT2D eigenvalue weighted by atomic mass is 16.5. The molecule has 0 bridgehead atoms. The van der Waals surface area contributed by atoms with Crippen LogP contribution >= 0.6 is 0 Å². The summed E-state index contributed by atoms with van der Waals surface area (Å²) in [5, 5.41) is 7.74. The van der Waals surface area contributed by atoms with E-state index in [1.165, 1.54) is 0 Å². The number of hydrogen-bond donors (Lipinski definition) is 1. The molecule has 1 aliphatic carbocycles. The summed E-state index contributed by atoms with van der Waals surface area (Å²) in [7, 11) is 0. The molecule has 1 N–H and O–H groups in total. The maximum Gasteiger partial charge on any atom is 0.249 e. The van der Waals surface area contributed by atoms with Crippen LogP contribution in [0.1, 0.15) is 43.5 Å². The first-order valence-electron chi connectivity index (χ1n) is 10.5. The summed E-state index contributed by atoms with van der Waals surface area (Å²) in [6.45, 7) is 4.24. The third kappa shape index (κ3) is 3.88. The summed E-state index contributed by atoms with van der Waals surface area (Å²) < 4.78 is 5.64. The monoisotopic (exact) mass is 413 g/mol. The molecule has 0 aromatic carbocycles. The lowest BCUT2D eigenvalue weighted by Crippen LogP contribution is -2.19. The highest BCUT2D eigenvalue weighted by molar-refractivity contribution is 5.58. The molecule has 8 heteroatoms. The average molecular weight is 413 g/mol. The van der Waals surface area contributed by atoms with E-state index in [2.05, 4.69) is 39.3 Å². The molecule has 0 aliphatic heterocycles. The summed E-state index contributed by atoms with van der Waals surface area (Å²) in [6.07, 6.45) is 8.18. The highest BCUT2D eigenvalue weighted by Gasteiger charge is 2.27. The van der Waals surface area contributed by atoms with E-state index in [0.717, 1.165) is 47.6 Å². The molecule has 4 aromatic heterocycles. The topological polar surface area (TPSA) is 103 Å². The lowest BCUT2D eigenvalue weighted by atomic mass is 10.0. The predicted octanol–water partition coefficient (Wildman–Crippen LogP) is 4.28. The zero-order valence-corrected chi connectivity index (χ0v) is 17.5. The Bertz CT molecular complexity index is 1180. The molecule has 1 unspecified atom stereocenters. The van der Waals surface area contributed by atoms with Crippen molar-refractivity contribution in [3.8, 4) is 22.9 Å². The zero-order chi connectivity index (χ0) is 21.2. The number of pyridine rings is 2. The second-order valence-corrected chi connectivity index (χ2v) is 7.95. The van der Waals surface area contributed by atoms with Gasteiger partial charge in [-0.1, -0.05) is 25.1 Å². The SMILES string of the molecule is CC(C)C(Nc1nc(-c2ccccn2)nc2c1CCC2)c1nc(-c2cccnc2)no1. The van der Waals surface area contributed by atoms with Gasteiger partial charge in [-0.15, -0.1) is 0 Å². The second kappa shape index (κ2) is 8.22. The number of fused-ring (bicyclic) bond motifs is 1. The lowest BCUT2D eigenvalue weighted by molar-refractivity contribution is 0.335. The van der Waals surface area contributed by atoms with E-state index in [1.54, 1.807) is 18.6 Å². The van der Waals surface area contributed by atoms with Crippen LogP contribution in [0, 0.1) is 5.92 Å². The van der Waals surface area contributed by atoms with Gasteiger partial charge in [-0.3, -0.25) is 9.97 Å². The molecule has 4 heterocycles. The Hall–Kier alpha value is -3.68. The third-order valence-electron chi connectivity index (χ3n) is 5.41. The van der Waals surface area contributed by atoms with Crippen LogP contribution in [0.2, 0.25) is 0 Å². The van der Waals surface area contributed by atoms with Crippen molar-refractivity contribution in [2.24, 2.45) is 5.92 Å². The molecule has 0 amide bonds. The fourth-order valence-corrected chi connectivity index (χ4v) is 3.80. The fourth-order valence-electron chi connectivity index (χ4n) is 3.80. The summed E-state index contributed by atoms with van der Waals surface area (Å²) in [5.41, 5.74) is 3.83. The van der Waals surface area contributed by atoms with Crippen molar-refractivity contribution in [3.05, 3.63) is 66.1 Å². The van der Waals surface area contributed by atoms with Crippen LogP contribution in [0.25, 0.3) is 22.9 Å². The van der Waals surface area contributed by atoms with Gasteiger partial charge in [0, 0.05) is 35.4 Å². The van der Waals surface area contributed by atoms with E-state index in [1.807, 2.05) is 30.3 Å². The smallest absolute Gasteiger partial charge is 0.249 e. The number of rotatable bonds is 6. The number of nitrogens with zero attached hydrogens (tertiary/aromatic N) is 6. The molecule has 0 saturated heterocycles. The standard InChI is InChI=1S/C23H23N7O/c1-14(2)19(23-29-20(30-31-23)15-7-6-11-24-13-15)27-21-16-8-5-10-17(16)26-22(28-21)18-9-3-4-12-25-18/h3-4,6-7,9,11-14,19H,5,8,10H2,1-2H3,(H,26,27,28). The number of aryl methyl sites for hydroxylation is 1. The van der Waals surface area contributed by atoms with Crippen molar-refractivity contribution in [1.29, 1.82) is 0 Å². The van der Waals surface area contributed by atoms with E-state index >= 15 is 0 Å². The average Bonchev–Trinajstić information content (AvgIpc) is 3.48. The van der Waals surface area contributed by atoms with Gasteiger partial charge in [0.25, 0.3) is 0 Å². The molecule has 0 radical (unpaired) electrons. The normalized spacial score (nSPS) is 13.9. The third-order valence-corrected chi connectivity index (χ3v) is 5.41. The summed E-state index contributed by atoms with van der Waals surface area (Å²) in [6, 6.07) is 9.34. The fraction of sp³-hybridized carbons (Fsp3) is 0.304. The van der Waals surface area contributed by atoms with Gasteiger partial charge in [0.2, 0.25) is 11.7 Å². The summed E-state index contributed by atoms with van der Waals surface area (Å²) in [5.74, 6) is 2.71. The van der Waals surface area contributed by atoms with E-state index in [-0.39, 0.29) is 12.0 Å². The summed E-state index contributed by atoms with van der Waals surface area (Å²) >= 11 is 0. The first-order valence-corrected chi connectivity index (χ1v) is 10.5. The van der Waals surface area contributed by atoms with Crippen molar-refractivity contribution in [2.45, 2.75) is 39.2 Å². The molecule has 0 fully saturated rings. The Balaban J connectivity index is 1.50. The van der Waals surface area contributed by atoms with Gasteiger partial charge in [-0.2, -0.15) is 4.98 Å². The number of aromatic nitrogens is 6. The number of hydrogen-bond acceptors (Lipinski definition) is 8.